The highest BCUT2D eigenvalue weighted by Gasteiger charge is 2.29. The molecule has 0 aliphatic heterocycles. The van der Waals surface area contributed by atoms with Gasteiger partial charge >= 0.3 is 6.09 Å². The van der Waals surface area contributed by atoms with Gasteiger partial charge in [0.1, 0.15) is 5.60 Å². The second-order valence-corrected chi connectivity index (χ2v) is 10.4. The fraction of sp³-hybridized carbons (Fsp3) is 0.870. The summed E-state index contributed by atoms with van der Waals surface area (Å²) in [7, 11) is 0. The Balaban J connectivity index is 4.18. The Morgan fingerprint density at radius 2 is 1.79 bits per heavy atom. The van der Waals surface area contributed by atoms with E-state index >= 15 is 0 Å². The van der Waals surface area contributed by atoms with Crippen LogP contribution in [-0.2, 0) is 14.2 Å². The summed E-state index contributed by atoms with van der Waals surface area (Å²) in [5.41, 5.74) is 5.31. The topological polar surface area (TPSA) is 144 Å². The third-order valence-electron chi connectivity index (χ3n) is 4.60. The van der Waals surface area contributed by atoms with Gasteiger partial charge in [-0.1, -0.05) is 20.3 Å². The first-order valence-electron chi connectivity index (χ1n) is 11.7. The molecule has 196 valence electrons. The van der Waals surface area contributed by atoms with Crippen molar-refractivity contribution >= 4 is 6.09 Å². The molecule has 33 heavy (non-hydrogen) atoms. The molecule has 0 rings (SSSR count). The van der Waals surface area contributed by atoms with Gasteiger partial charge in [0.05, 0.1) is 37.7 Å². The average molecular weight is 476 g/mol. The van der Waals surface area contributed by atoms with Crippen LogP contribution in [0.2, 0.25) is 0 Å². The van der Waals surface area contributed by atoms with Crippen LogP contribution in [0.1, 0.15) is 61.3 Å². The van der Waals surface area contributed by atoms with E-state index in [0.29, 0.717) is 45.1 Å². The van der Waals surface area contributed by atoms with Crippen molar-refractivity contribution in [3.8, 4) is 0 Å². The molecule has 0 aromatic heterocycles. The Kier molecular flexibility index (Phi) is 14.6. The fourth-order valence-electron chi connectivity index (χ4n) is 2.98. The third kappa shape index (κ3) is 17.5. The molecular weight excluding hydrogens is 426 g/mol. The first-order chi connectivity index (χ1) is 15.2. The predicted octanol–water partition coefficient (Wildman–Crippen LogP) is 1.69. The Morgan fingerprint density at radius 1 is 1.12 bits per heavy atom. The highest BCUT2D eigenvalue weighted by molar-refractivity contribution is 5.67. The Morgan fingerprint density at radius 3 is 2.36 bits per heavy atom. The number of carbonyl (C=O) groups excluding carboxylic acids is 1. The van der Waals surface area contributed by atoms with Crippen molar-refractivity contribution in [2.45, 2.75) is 72.5 Å². The molecule has 0 saturated carbocycles. The normalized spacial score (nSPS) is 14.6. The van der Waals surface area contributed by atoms with Crippen LogP contribution in [0.4, 0.5) is 4.79 Å². The van der Waals surface area contributed by atoms with Gasteiger partial charge < -0.3 is 40.7 Å². The molecule has 0 heterocycles. The number of hydrogen-bond acceptors (Lipinski definition) is 9. The predicted molar refractivity (Wildman–Crippen MR) is 131 cm³/mol. The number of carbonyl (C=O) groups is 1. The number of aliphatic hydroxyl groups excluding tert-OH is 1. The van der Waals surface area contributed by atoms with Crippen LogP contribution in [0.5, 0.6) is 0 Å². The van der Waals surface area contributed by atoms with Crippen molar-refractivity contribution in [2.24, 2.45) is 17.0 Å². The van der Waals surface area contributed by atoms with E-state index < -0.39 is 17.3 Å². The average Bonchev–Trinajstić information content (AvgIpc) is 2.67. The highest BCUT2D eigenvalue weighted by Crippen LogP contribution is 2.27. The lowest BCUT2D eigenvalue weighted by atomic mass is 9.86. The zero-order chi connectivity index (χ0) is 25.5. The minimum atomic E-state index is -0.586. The van der Waals surface area contributed by atoms with Gasteiger partial charge in [-0.3, -0.25) is 0 Å². The third-order valence-corrected chi connectivity index (χ3v) is 4.60. The van der Waals surface area contributed by atoms with Gasteiger partial charge in [-0.2, -0.15) is 0 Å². The van der Waals surface area contributed by atoms with E-state index in [4.69, 9.17) is 25.8 Å². The molecule has 0 aliphatic rings. The first kappa shape index (κ1) is 31.4. The number of alkyl carbamates (subject to hydrolysis) is 1. The van der Waals surface area contributed by atoms with Crippen LogP contribution in [0.25, 0.3) is 0 Å². The van der Waals surface area contributed by atoms with Crippen molar-refractivity contribution in [2.75, 3.05) is 52.6 Å². The lowest BCUT2D eigenvalue weighted by Gasteiger charge is -2.36. The van der Waals surface area contributed by atoms with Gasteiger partial charge in [0, 0.05) is 37.8 Å². The van der Waals surface area contributed by atoms with Crippen LogP contribution in [0, 0.1) is 5.41 Å². The van der Waals surface area contributed by atoms with E-state index in [2.05, 4.69) is 24.5 Å². The standard InChI is InChI=1S/C23H49N5O5/c1-8-9-23(7,18-32-22(5,6)17-29)16-28(25)14-19(24)15-31-13-12-26-10-11-27-20(30)33-21(2,3)4/h14,26,29H,8-13,15-18,24-25H2,1-7H3,(H,27,30)/b19-14-. The lowest BCUT2D eigenvalue weighted by Crippen LogP contribution is -2.43. The maximum Gasteiger partial charge on any atom is 0.407 e. The summed E-state index contributed by atoms with van der Waals surface area (Å²) >= 11 is 0. The van der Waals surface area contributed by atoms with Crippen LogP contribution >= 0.6 is 0 Å². The number of amides is 1. The maximum absolute atomic E-state index is 11.5. The second-order valence-electron chi connectivity index (χ2n) is 10.4. The van der Waals surface area contributed by atoms with E-state index in [1.807, 2.05) is 34.6 Å². The van der Waals surface area contributed by atoms with Crippen molar-refractivity contribution in [1.82, 2.24) is 15.6 Å². The van der Waals surface area contributed by atoms with Gasteiger partial charge in [-0.15, -0.1) is 0 Å². The van der Waals surface area contributed by atoms with E-state index in [0.717, 1.165) is 12.8 Å². The molecule has 0 bridgehead atoms. The minimum Gasteiger partial charge on any atom is -0.444 e. The zero-order valence-electron chi connectivity index (χ0n) is 21.8. The molecule has 0 aliphatic carbocycles. The monoisotopic (exact) mass is 475 g/mol. The van der Waals surface area contributed by atoms with E-state index in [1.54, 1.807) is 11.2 Å². The summed E-state index contributed by atoms with van der Waals surface area (Å²) in [6, 6.07) is 0. The van der Waals surface area contributed by atoms with Crippen LogP contribution < -0.4 is 22.2 Å². The maximum atomic E-state index is 11.5. The Bertz CT molecular complexity index is 580. The zero-order valence-corrected chi connectivity index (χ0v) is 21.8. The molecule has 1 atom stereocenters. The first-order valence-corrected chi connectivity index (χ1v) is 11.7. The van der Waals surface area contributed by atoms with E-state index in [-0.39, 0.29) is 18.6 Å². The summed E-state index contributed by atoms with van der Waals surface area (Å²) in [5.74, 6) is 6.17. The summed E-state index contributed by atoms with van der Waals surface area (Å²) in [5, 5.41) is 16.8. The lowest BCUT2D eigenvalue weighted by molar-refractivity contribution is -0.0905. The van der Waals surface area contributed by atoms with Crippen molar-refractivity contribution in [3.63, 3.8) is 0 Å². The molecule has 1 amide bonds. The van der Waals surface area contributed by atoms with Crippen LogP contribution in [-0.4, -0.2) is 80.0 Å². The molecule has 0 spiro atoms. The number of ether oxygens (including phenoxy) is 3. The van der Waals surface area contributed by atoms with Gasteiger partial charge in [-0.25, -0.2) is 10.6 Å². The number of hydrazine groups is 1. The number of nitrogens with two attached hydrogens (primary N) is 2. The summed E-state index contributed by atoms with van der Waals surface area (Å²) in [6.45, 7) is 16.9. The molecule has 0 fully saturated rings. The molecule has 10 heteroatoms. The largest absolute Gasteiger partial charge is 0.444 e. The second kappa shape index (κ2) is 15.3. The van der Waals surface area contributed by atoms with Crippen molar-refractivity contribution in [3.05, 3.63) is 11.9 Å². The van der Waals surface area contributed by atoms with E-state index in [9.17, 15) is 9.90 Å². The van der Waals surface area contributed by atoms with Gasteiger partial charge in [0.25, 0.3) is 0 Å². The molecule has 0 saturated heterocycles. The van der Waals surface area contributed by atoms with Gasteiger partial charge in [0.2, 0.25) is 0 Å². The van der Waals surface area contributed by atoms with Crippen LogP contribution in [0.3, 0.4) is 0 Å². The summed E-state index contributed by atoms with van der Waals surface area (Å²) in [6.07, 6.45) is 3.18. The fourth-order valence-corrected chi connectivity index (χ4v) is 2.98. The van der Waals surface area contributed by atoms with Crippen LogP contribution in [0.15, 0.2) is 11.9 Å². The smallest absolute Gasteiger partial charge is 0.407 e. The summed E-state index contributed by atoms with van der Waals surface area (Å²) in [4.78, 5) is 11.5. The molecule has 0 aromatic carbocycles. The highest BCUT2D eigenvalue weighted by atomic mass is 16.6. The number of nitrogens with one attached hydrogen (secondary N) is 2. The molecule has 10 nitrogen and oxygen atoms in total. The van der Waals surface area contributed by atoms with Gasteiger partial charge in [0.15, 0.2) is 0 Å². The number of nitrogens with zero attached hydrogens (tertiary/aromatic N) is 1. The number of rotatable bonds is 17. The van der Waals surface area contributed by atoms with Gasteiger partial charge in [-0.05, 0) is 41.0 Å². The minimum absolute atomic E-state index is 0.0408. The van der Waals surface area contributed by atoms with Crippen molar-refractivity contribution in [1.29, 1.82) is 0 Å². The number of hydrogen-bond donors (Lipinski definition) is 5. The summed E-state index contributed by atoms with van der Waals surface area (Å²) < 4.78 is 16.6. The molecule has 0 radical (unpaired) electrons. The molecule has 0 aromatic rings. The Labute approximate surface area is 200 Å². The quantitative estimate of drug-likeness (QED) is 0.120. The molecule has 7 N–H and O–H groups in total. The molecular formula is C23H49N5O5. The molecule has 1 unspecified atom stereocenters. The number of aliphatic hydroxyl groups is 1. The SMILES string of the molecule is CCCC(C)(COC(C)(C)CO)CN(N)/C=C(\N)COCCNCCNC(=O)OC(C)(C)C. The van der Waals surface area contributed by atoms with E-state index in [1.165, 1.54) is 0 Å². The Hall–Kier alpha value is -1.59. The van der Waals surface area contributed by atoms with Crippen molar-refractivity contribution < 1.29 is 24.1 Å².